The molecule has 0 aliphatic rings. The van der Waals surface area contributed by atoms with Gasteiger partial charge in [-0.2, -0.15) is 0 Å². The summed E-state index contributed by atoms with van der Waals surface area (Å²) in [6.07, 6.45) is 2.01. The van der Waals surface area contributed by atoms with Gasteiger partial charge in [0.1, 0.15) is 5.75 Å². The molecule has 5 heteroatoms. The molecule has 4 N–H and O–H groups in total. The summed E-state index contributed by atoms with van der Waals surface area (Å²) < 4.78 is 0. The van der Waals surface area contributed by atoms with Crippen LogP contribution in [0.15, 0.2) is 42.6 Å². The van der Waals surface area contributed by atoms with Crippen molar-refractivity contribution in [1.82, 2.24) is 4.98 Å². The van der Waals surface area contributed by atoms with Gasteiger partial charge in [0.2, 0.25) is 5.91 Å². The molecule has 0 saturated carbocycles. The van der Waals surface area contributed by atoms with Gasteiger partial charge in [0, 0.05) is 5.69 Å². The lowest BCUT2D eigenvalue weighted by Gasteiger charge is -2.12. The fraction of sp³-hybridized carbons (Fsp3) is 0.200. The number of pyridine rings is 1. The molecule has 1 amide bonds. The number of carbonyl (C=O) groups is 1. The van der Waals surface area contributed by atoms with Gasteiger partial charge < -0.3 is 16.2 Å². The zero-order valence-corrected chi connectivity index (χ0v) is 11.2. The second kappa shape index (κ2) is 6.16. The van der Waals surface area contributed by atoms with Crippen molar-refractivity contribution >= 4 is 11.6 Å². The molecule has 1 heterocycles. The van der Waals surface area contributed by atoms with Crippen molar-refractivity contribution in [3.63, 3.8) is 0 Å². The Labute approximate surface area is 117 Å². The number of hydrogen-bond donors (Lipinski definition) is 3. The van der Waals surface area contributed by atoms with Crippen LogP contribution in [0.1, 0.15) is 11.3 Å². The Morgan fingerprint density at radius 2 is 2.00 bits per heavy atom. The molecule has 1 atom stereocenters. The van der Waals surface area contributed by atoms with Gasteiger partial charge in [0.15, 0.2) is 0 Å². The third-order valence-electron chi connectivity index (χ3n) is 2.91. The van der Waals surface area contributed by atoms with Crippen molar-refractivity contribution in [2.45, 2.75) is 19.4 Å². The second-order valence-corrected chi connectivity index (χ2v) is 4.65. The van der Waals surface area contributed by atoms with Crippen LogP contribution in [0, 0.1) is 6.92 Å². The molecule has 0 bridgehead atoms. The molecule has 1 aromatic carbocycles. The molecule has 0 radical (unpaired) electrons. The van der Waals surface area contributed by atoms with Crippen LogP contribution >= 0.6 is 0 Å². The Morgan fingerprint density at radius 1 is 1.30 bits per heavy atom. The van der Waals surface area contributed by atoms with Gasteiger partial charge >= 0.3 is 0 Å². The number of nitrogens with zero attached hydrogens (tertiary/aromatic N) is 1. The minimum atomic E-state index is -0.652. The molecule has 0 fully saturated rings. The molecule has 5 nitrogen and oxygen atoms in total. The van der Waals surface area contributed by atoms with Crippen LogP contribution in [0.2, 0.25) is 0 Å². The molecule has 0 unspecified atom stereocenters. The van der Waals surface area contributed by atoms with E-state index in [4.69, 9.17) is 5.73 Å². The van der Waals surface area contributed by atoms with E-state index >= 15 is 0 Å². The van der Waals surface area contributed by atoms with Crippen LogP contribution in [0.4, 0.5) is 5.69 Å². The smallest absolute Gasteiger partial charge is 0.241 e. The Morgan fingerprint density at radius 3 is 2.60 bits per heavy atom. The fourth-order valence-electron chi connectivity index (χ4n) is 1.76. The highest BCUT2D eigenvalue weighted by Gasteiger charge is 2.14. The van der Waals surface area contributed by atoms with E-state index in [9.17, 15) is 9.90 Å². The van der Waals surface area contributed by atoms with Gasteiger partial charge in [-0.25, -0.2) is 0 Å². The zero-order chi connectivity index (χ0) is 14.5. The average molecular weight is 271 g/mol. The molecular formula is C15H17N3O2. The number of carbonyl (C=O) groups excluding carboxylic acids is 1. The van der Waals surface area contributed by atoms with Crippen LogP contribution in [0.3, 0.4) is 0 Å². The highest BCUT2D eigenvalue weighted by molar-refractivity contribution is 5.94. The average Bonchev–Trinajstić information content (AvgIpc) is 2.44. The van der Waals surface area contributed by atoms with Crippen molar-refractivity contribution < 1.29 is 9.90 Å². The van der Waals surface area contributed by atoms with E-state index in [1.54, 1.807) is 36.5 Å². The third-order valence-corrected chi connectivity index (χ3v) is 2.91. The first-order chi connectivity index (χ1) is 9.54. The summed E-state index contributed by atoms with van der Waals surface area (Å²) in [6, 6.07) is 9.59. The molecule has 0 aliphatic carbocycles. The molecule has 1 aromatic heterocycles. The van der Waals surface area contributed by atoms with E-state index in [0.717, 1.165) is 11.3 Å². The largest absolute Gasteiger partial charge is 0.508 e. The molecule has 0 spiro atoms. The van der Waals surface area contributed by atoms with E-state index < -0.39 is 6.04 Å². The van der Waals surface area contributed by atoms with Gasteiger partial charge in [-0.15, -0.1) is 0 Å². The fourth-order valence-corrected chi connectivity index (χ4v) is 1.76. The number of rotatable bonds is 4. The van der Waals surface area contributed by atoms with Crippen LogP contribution in [-0.4, -0.2) is 22.0 Å². The summed E-state index contributed by atoms with van der Waals surface area (Å²) in [5.74, 6) is -0.0683. The number of hydrogen-bond acceptors (Lipinski definition) is 4. The monoisotopic (exact) mass is 271 g/mol. The van der Waals surface area contributed by atoms with Crippen LogP contribution < -0.4 is 11.1 Å². The number of phenolic OH excluding ortho intramolecular Hbond substituents is 1. The van der Waals surface area contributed by atoms with E-state index in [1.807, 2.05) is 13.0 Å². The Kier molecular flexibility index (Phi) is 4.32. The van der Waals surface area contributed by atoms with Gasteiger partial charge in [0.25, 0.3) is 0 Å². The quantitative estimate of drug-likeness (QED) is 0.788. The number of amides is 1. The molecule has 2 aromatic rings. The van der Waals surface area contributed by atoms with Crippen LogP contribution in [-0.2, 0) is 11.2 Å². The molecule has 20 heavy (non-hydrogen) atoms. The molecule has 0 saturated heterocycles. The molecule has 104 valence electrons. The van der Waals surface area contributed by atoms with E-state index in [1.165, 1.54) is 0 Å². The standard InChI is InChI=1S/C15H17N3O2/c1-10-2-5-12(9-17-10)18-15(20)14(16)8-11-3-6-13(19)7-4-11/h2-7,9,14,19H,8,16H2,1H3,(H,18,20)/t14-/m1/s1. The third kappa shape index (κ3) is 3.80. The highest BCUT2D eigenvalue weighted by Crippen LogP contribution is 2.12. The van der Waals surface area contributed by atoms with Gasteiger partial charge in [-0.05, 0) is 43.2 Å². The van der Waals surface area contributed by atoms with Gasteiger partial charge in [-0.1, -0.05) is 12.1 Å². The number of nitrogens with one attached hydrogen (secondary N) is 1. The predicted molar refractivity (Wildman–Crippen MR) is 77.4 cm³/mol. The number of aromatic hydroxyl groups is 1. The predicted octanol–water partition coefficient (Wildman–Crippen LogP) is 1.60. The summed E-state index contributed by atoms with van der Waals surface area (Å²) in [5, 5.41) is 11.9. The number of benzene rings is 1. The summed E-state index contributed by atoms with van der Waals surface area (Å²) >= 11 is 0. The SMILES string of the molecule is Cc1ccc(NC(=O)[C@H](N)Cc2ccc(O)cc2)cn1. The minimum Gasteiger partial charge on any atom is -0.508 e. The van der Waals surface area contributed by atoms with Crippen LogP contribution in [0.25, 0.3) is 0 Å². The lowest BCUT2D eigenvalue weighted by atomic mass is 10.1. The van der Waals surface area contributed by atoms with Crippen molar-refractivity contribution in [2.75, 3.05) is 5.32 Å². The zero-order valence-electron chi connectivity index (χ0n) is 11.2. The first-order valence-electron chi connectivity index (χ1n) is 6.31. The second-order valence-electron chi connectivity index (χ2n) is 4.65. The first-order valence-corrected chi connectivity index (χ1v) is 6.31. The topological polar surface area (TPSA) is 88.2 Å². The summed E-state index contributed by atoms with van der Waals surface area (Å²) in [7, 11) is 0. The van der Waals surface area contributed by atoms with Gasteiger partial charge in [-0.3, -0.25) is 9.78 Å². The molecule has 0 aliphatic heterocycles. The maximum absolute atomic E-state index is 12.0. The maximum atomic E-state index is 12.0. The van der Waals surface area contributed by atoms with Crippen LogP contribution in [0.5, 0.6) is 5.75 Å². The maximum Gasteiger partial charge on any atom is 0.241 e. The highest BCUT2D eigenvalue weighted by atomic mass is 16.3. The van der Waals surface area contributed by atoms with Gasteiger partial charge in [0.05, 0.1) is 17.9 Å². The summed E-state index contributed by atoms with van der Waals surface area (Å²) in [5.41, 5.74) is 8.28. The first kappa shape index (κ1) is 14.0. The number of nitrogens with two attached hydrogens (primary N) is 1. The van der Waals surface area contributed by atoms with E-state index in [2.05, 4.69) is 10.3 Å². The number of anilines is 1. The van der Waals surface area contributed by atoms with Crippen molar-refractivity contribution in [3.8, 4) is 5.75 Å². The summed E-state index contributed by atoms with van der Waals surface area (Å²) in [6.45, 7) is 1.88. The summed E-state index contributed by atoms with van der Waals surface area (Å²) in [4.78, 5) is 16.1. The Hall–Kier alpha value is -2.40. The number of aryl methyl sites for hydroxylation is 1. The minimum absolute atomic E-state index is 0.192. The molecular weight excluding hydrogens is 254 g/mol. The molecule has 2 rings (SSSR count). The van der Waals surface area contributed by atoms with Crippen molar-refractivity contribution in [1.29, 1.82) is 0 Å². The normalized spacial score (nSPS) is 11.9. The van der Waals surface area contributed by atoms with E-state index in [-0.39, 0.29) is 11.7 Å². The van der Waals surface area contributed by atoms with Crippen molar-refractivity contribution in [3.05, 3.63) is 53.9 Å². The Balaban J connectivity index is 1.94. The lowest BCUT2D eigenvalue weighted by Crippen LogP contribution is -2.37. The van der Waals surface area contributed by atoms with Crippen molar-refractivity contribution in [2.24, 2.45) is 5.73 Å². The van der Waals surface area contributed by atoms with E-state index in [0.29, 0.717) is 12.1 Å². The lowest BCUT2D eigenvalue weighted by molar-refractivity contribution is -0.117. The number of aromatic nitrogens is 1. The Bertz CT molecular complexity index is 579. The number of phenols is 1.